The third-order valence-electron chi connectivity index (χ3n) is 3.17. The highest BCUT2D eigenvalue weighted by atomic mass is 16.4. The van der Waals surface area contributed by atoms with Crippen molar-refractivity contribution in [3.8, 4) is 0 Å². The lowest BCUT2D eigenvalue weighted by atomic mass is 9.95. The largest absolute Gasteiger partial charge is 0.386 e. The first-order valence-corrected chi connectivity index (χ1v) is 5.04. The van der Waals surface area contributed by atoms with Crippen LogP contribution in [0.5, 0.6) is 0 Å². The molecule has 0 radical (unpaired) electrons. The van der Waals surface area contributed by atoms with Gasteiger partial charge in [0.05, 0.1) is 21.5 Å². The standard InChI is InChI=1S/C12H2O6/c13-9-5-1-3-4(2-6(5)10(14)17-9)8-7(3)11(15)18-12(8)16/h1-2H. The highest BCUT2D eigenvalue weighted by molar-refractivity contribution is 6.27. The molecule has 0 N–H and O–H groups in total. The van der Waals surface area contributed by atoms with Crippen LogP contribution >= 0.6 is 0 Å². The Balaban J connectivity index is 2.42. The minimum absolute atomic E-state index is 0.109. The fourth-order valence-electron chi connectivity index (χ4n) is 2.36. The summed E-state index contributed by atoms with van der Waals surface area (Å²) in [5.74, 6) is 0. The number of fused-ring (bicyclic) bond motifs is 5. The average Bonchev–Trinajstić information content (AvgIpc) is 2.68. The van der Waals surface area contributed by atoms with Crippen molar-refractivity contribution in [3.05, 3.63) is 53.8 Å². The van der Waals surface area contributed by atoms with Crippen LogP contribution in [-0.2, 0) is 0 Å². The zero-order valence-electron chi connectivity index (χ0n) is 8.60. The van der Waals surface area contributed by atoms with Crippen molar-refractivity contribution in [2.45, 2.75) is 0 Å². The maximum atomic E-state index is 11.4. The molecule has 0 unspecified atom stereocenters. The van der Waals surface area contributed by atoms with E-state index in [4.69, 9.17) is 0 Å². The van der Waals surface area contributed by atoms with Gasteiger partial charge in [0.2, 0.25) is 0 Å². The minimum Gasteiger partial charge on any atom is -0.386 e. The van der Waals surface area contributed by atoms with E-state index in [1.165, 1.54) is 12.1 Å². The quantitative estimate of drug-likeness (QED) is 0.433. The first-order valence-electron chi connectivity index (χ1n) is 5.04. The Hall–Kier alpha value is -2.76. The third kappa shape index (κ3) is 0.818. The van der Waals surface area contributed by atoms with Gasteiger partial charge in [-0.2, -0.15) is 0 Å². The highest BCUT2D eigenvalue weighted by Crippen LogP contribution is 2.32. The van der Waals surface area contributed by atoms with Crippen LogP contribution in [0.3, 0.4) is 0 Å². The molecule has 6 heteroatoms. The molecule has 0 fully saturated rings. The molecule has 86 valence electrons. The second kappa shape index (κ2) is 2.56. The molecule has 0 aliphatic heterocycles. The summed E-state index contributed by atoms with van der Waals surface area (Å²) in [5, 5.41) is 1.46. The highest BCUT2D eigenvalue weighted by Gasteiger charge is 2.22. The summed E-state index contributed by atoms with van der Waals surface area (Å²) in [7, 11) is 0. The molecule has 0 saturated heterocycles. The summed E-state index contributed by atoms with van der Waals surface area (Å²) >= 11 is 0. The molecule has 0 bridgehead atoms. The van der Waals surface area contributed by atoms with Crippen LogP contribution in [0.1, 0.15) is 0 Å². The molecule has 2 aromatic carbocycles. The van der Waals surface area contributed by atoms with Gasteiger partial charge in [0.25, 0.3) is 0 Å². The zero-order valence-corrected chi connectivity index (χ0v) is 8.60. The van der Waals surface area contributed by atoms with E-state index in [9.17, 15) is 19.2 Å². The molecule has 0 aliphatic carbocycles. The molecule has 4 rings (SSSR count). The Bertz CT molecular complexity index is 992. The number of benzene rings is 1. The van der Waals surface area contributed by atoms with Crippen molar-refractivity contribution in [1.82, 2.24) is 0 Å². The van der Waals surface area contributed by atoms with Crippen molar-refractivity contribution in [1.29, 1.82) is 0 Å². The molecule has 0 atom stereocenters. The smallest absolute Gasteiger partial charge is 0.347 e. The molecule has 0 spiro atoms. The Morgan fingerprint density at radius 3 is 1.39 bits per heavy atom. The van der Waals surface area contributed by atoms with Gasteiger partial charge in [-0.25, -0.2) is 19.2 Å². The molecule has 18 heavy (non-hydrogen) atoms. The lowest BCUT2D eigenvalue weighted by molar-refractivity contribution is 0.499. The van der Waals surface area contributed by atoms with Gasteiger partial charge in [-0.3, -0.25) is 0 Å². The van der Waals surface area contributed by atoms with Crippen LogP contribution in [0.25, 0.3) is 32.3 Å². The van der Waals surface area contributed by atoms with Crippen LogP contribution < -0.4 is 22.5 Å². The maximum Gasteiger partial charge on any atom is 0.347 e. The predicted octanol–water partition coefficient (Wildman–Crippen LogP) is 0.0864. The lowest BCUT2D eigenvalue weighted by Crippen LogP contribution is -1.97. The van der Waals surface area contributed by atoms with Crippen LogP contribution in [-0.4, -0.2) is 0 Å². The number of hydrogen-bond donors (Lipinski definition) is 0. The normalized spacial score (nSPS) is 12.2. The predicted molar refractivity (Wildman–Crippen MR) is 62.1 cm³/mol. The summed E-state index contributed by atoms with van der Waals surface area (Å²) in [6.45, 7) is 0. The van der Waals surface area contributed by atoms with E-state index in [1.54, 1.807) is 0 Å². The Labute approximate surface area is 95.7 Å². The molecular weight excluding hydrogens is 240 g/mol. The summed E-state index contributed by atoms with van der Waals surface area (Å²) in [6.07, 6.45) is 0. The van der Waals surface area contributed by atoms with Crippen LogP contribution in [0.15, 0.2) is 40.1 Å². The summed E-state index contributed by atoms with van der Waals surface area (Å²) in [6, 6.07) is 2.77. The Morgan fingerprint density at radius 2 is 0.944 bits per heavy atom. The van der Waals surface area contributed by atoms with E-state index >= 15 is 0 Å². The van der Waals surface area contributed by atoms with E-state index in [2.05, 4.69) is 8.83 Å². The first kappa shape index (κ1) is 9.29. The molecule has 0 aliphatic rings. The van der Waals surface area contributed by atoms with Crippen LogP contribution in [0, 0.1) is 0 Å². The number of furan rings is 2. The molecule has 0 saturated carbocycles. The molecular formula is C12H2O6. The van der Waals surface area contributed by atoms with Gasteiger partial charge in [-0.05, 0) is 22.9 Å². The first-order chi connectivity index (χ1) is 8.58. The van der Waals surface area contributed by atoms with Crippen molar-refractivity contribution < 1.29 is 8.83 Å². The Kier molecular flexibility index (Phi) is 1.32. The second-order valence-electron chi connectivity index (χ2n) is 4.05. The van der Waals surface area contributed by atoms with Crippen molar-refractivity contribution in [2.24, 2.45) is 0 Å². The topological polar surface area (TPSA) is 94.6 Å². The fraction of sp³-hybridized carbons (Fsp3) is 0. The minimum atomic E-state index is -0.746. The molecule has 2 aromatic heterocycles. The van der Waals surface area contributed by atoms with E-state index in [0.29, 0.717) is 10.8 Å². The lowest BCUT2D eigenvalue weighted by Gasteiger charge is -2.02. The monoisotopic (exact) mass is 242 g/mol. The maximum absolute atomic E-state index is 11.4. The summed E-state index contributed by atoms with van der Waals surface area (Å²) < 4.78 is 8.91. The number of rotatable bonds is 0. The van der Waals surface area contributed by atoms with E-state index in [-0.39, 0.29) is 21.5 Å². The van der Waals surface area contributed by atoms with Gasteiger partial charge >= 0.3 is 22.5 Å². The van der Waals surface area contributed by atoms with Gasteiger partial charge < -0.3 is 8.83 Å². The summed E-state index contributed by atoms with van der Waals surface area (Å²) in [4.78, 5) is 45.5. The van der Waals surface area contributed by atoms with Gasteiger partial charge in [-0.15, -0.1) is 0 Å². The van der Waals surface area contributed by atoms with E-state index in [0.717, 1.165) is 0 Å². The van der Waals surface area contributed by atoms with Gasteiger partial charge in [0.1, 0.15) is 0 Å². The van der Waals surface area contributed by atoms with Crippen molar-refractivity contribution in [3.63, 3.8) is 0 Å². The van der Waals surface area contributed by atoms with Crippen molar-refractivity contribution >= 4 is 32.3 Å². The average molecular weight is 242 g/mol. The van der Waals surface area contributed by atoms with Gasteiger partial charge in [0, 0.05) is 0 Å². The van der Waals surface area contributed by atoms with Crippen LogP contribution in [0.2, 0.25) is 0 Å². The van der Waals surface area contributed by atoms with Gasteiger partial charge in [-0.1, -0.05) is 0 Å². The van der Waals surface area contributed by atoms with E-state index < -0.39 is 22.5 Å². The Morgan fingerprint density at radius 1 is 0.556 bits per heavy atom. The molecule has 6 nitrogen and oxygen atoms in total. The van der Waals surface area contributed by atoms with E-state index in [1.807, 2.05) is 0 Å². The fourth-order valence-corrected chi connectivity index (χ4v) is 2.36. The second-order valence-corrected chi connectivity index (χ2v) is 4.05. The number of hydrogen-bond acceptors (Lipinski definition) is 6. The van der Waals surface area contributed by atoms with Gasteiger partial charge in [0.15, 0.2) is 0 Å². The molecule has 2 heterocycles. The SMILES string of the molecule is O=c1oc(=O)c2cc3c(cc12)c1c(=O)oc(=O)c31. The molecule has 0 amide bonds. The summed E-state index contributed by atoms with van der Waals surface area (Å²) in [5.41, 5.74) is -2.94. The third-order valence-corrected chi connectivity index (χ3v) is 3.17. The zero-order chi connectivity index (χ0) is 12.6. The van der Waals surface area contributed by atoms with Crippen molar-refractivity contribution in [2.75, 3.05) is 0 Å². The van der Waals surface area contributed by atoms with Crippen LogP contribution in [0.4, 0.5) is 0 Å². The molecule has 4 aromatic rings.